The van der Waals surface area contributed by atoms with Gasteiger partial charge in [0.15, 0.2) is 0 Å². The molecule has 5 heteroatoms. The standard InChI is InChI=1S/C13H24N2O3/c1-2-3-7-10(11(16)17)15-12(18)13(14)8-5-4-6-9-13/h10H,2-9,14H2,1H3,(H,15,18)(H,16,17). The molecule has 1 aliphatic rings. The van der Waals surface area contributed by atoms with Crippen LogP contribution in [0.4, 0.5) is 0 Å². The minimum atomic E-state index is -0.976. The first-order chi connectivity index (χ1) is 8.49. The maximum Gasteiger partial charge on any atom is 0.326 e. The summed E-state index contributed by atoms with van der Waals surface area (Å²) in [6, 6.07) is -0.806. The predicted molar refractivity (Wildman–Crippen MR) is 69.1 cm³/mol. The van der Waals surface area contributed by atoms with Crippen LogP contribution in [-0.2, 0) is 9.59 Å². The van der Waals surface area contributed by atoms with Crippen LogP contribution in [0, 0.1) is 0 Å². The van der Waals surface area contributed by atoms with Crippen molar-refractivity contribution in [1.29, 1.82) is 0 Å². The molecule has 0 radical (unpaired) electrons. The minimum Gasteiger partial charge on any atom is -0.480 e. The highest BCUT2D eigenvalue weighted by molar-refractivity contribution is 5.90. The van der Waals surface area contributed by atoms with Gasteiger partial charge in [-0.15, -0.1) is 0 Å². The lowest BCUT2D eigenvalue weighted by molar-refractivity contribution is -0.143. The van der Waals surface area contributed by atoms with Gasteiger partial charge in [-0.05, 0) is 19.3 Å². The van der Waals surface area contributed by atoms with E-state index in [1.54, 1.807) is 0 Å². The van der Waals surface area contributed by atoms with Gasteiger partial charge in [-0.1, -0.05) is 39.0 Å². The van der Waals surface area contributed by atoms with Gasteiger partial charge >= 0.3 is 5.97 Å². The number of hydrogen-bond donors (Lipinski definition) is 3. The summed E-state index contributed by atoms with van der Waals surface area (Å²) >= 11 is 0. The molecule has 1 amide bonds. The molecule has 1 fully saturated rings. The lowest BCUT2D eigenvalue weighted by Gasteiger charge is -2.32. The fourth-order valence-electron chi connectivity index (χ4n) is 2.38. The van der Waals surface area contributed by atoms with E-state index < -0.39 is 17.6 Å². The van der Waals surface area contributed by atoms with Crippen LogP contribution in [0.2, 0.25) is 0 Å². The quantitative estimate of drug-likeness (QED) is 0.670. The van der Waals surface area contributed by atoms with E-state index in [9.17, 15) is 9.59 Å². The van der Waals surface area contributed by atoms with Crippen LogP contribution < -0.4 is 11.1 Å². The first-order valence-electron chi connectivity index (χ1n) is 6.82. The Labute approximate surface area is 108 Å². The number of unbranched alkanes of at least 4 members (excludes halogenated alkanes) is 1. The van der Waals surface area contributed by atoms with E-state index >= 15 is 0 Å². The molecule has 0 aliphatic heterocycles. The minimum absolute atomic E-state index is 0.300. The van der Waals surface area contributed by atoms with E-state index in [-0.39, 0.29) is 5.91 Å². The lowest BCUT2D eigenvalue weighted by Crippen LogP contribution is -2.58. The van der Waals surface area contributed by atoms with E-state index in [0.29, 0.717) is 19.3 Å². The summed E-state index contributed by atoms with van der Waals surface area (Å²) in [4.78, 5) is 23.2. The SMILES string of the molecule is CCCCC(NC(=O)C1(N)CCCCC1)C(=O)O. The molecule has 0 bridgehead atoms. The molecule has 1 atom stereocenters. The second-order valence-corrected chi connectivity index (χ2v) is 5.22. The van der Waals surface area contributed by atoms with Gasteiger partial charge in [0.1, 0.15) is 6.04 Å². The monoisotopic (exact) mass is 256 g/mol. The summed E-state index contributed by atoms with van der Waals surface area (Å²) in [6.45, 7) is 1.99. The van der Waals surface area contributed by atoms with Crippen LogP contribution in [0.3, 0.4) is 0 Å². The lowest BCUT2D eigenvalue weighted by atomic mass is 9.81. The van der Waals surface area contributed by atoms with E-state index in [1.807, 2.05) is 6.92 Å². The highest BCUT2D eigenvalue weighted by atomic mass is 16.4. The topological polar surface area (TPSA) is 92.4 Å². The molecular weight excluding hydrogens is 232 g/mol. The number of nitrogens with two attached hydrogens (primary N) is 1. The maximum absolute atomic E-state index is 12.1. The number of amides is 1. The summed E-state index contributed by atoms with van der Waals surface area (Å²) in [5.41, 5.74) is 5.21. The van der Waals surface area contributed by atoms with Gasteiger partial charge in [0.25, 0.3) is 0 Å². The second-order valence-electron chi connectivity index (χ2n) is 5.22. The molecule has 5 nitrogen and oxygen atoms in total. The predicted octanol–water partition coefficient (Wildman–Crippen LogP) is 1.41. The maximum atomic E-state index is 12.1. The van der Waals surface area contributed by atoms with Crippen LogP contribution in [0.15, 0.2) is 0 Å². The van der Waals surface area contributed by atoms with Gasteiger partial charge in [0.2, 0.25) is 5.91 Å². The third-order valence-electron chi connectivity index (χ3n) is 3.65. The first kappa shape index (κ1) is 15.0. The van der Waals surface area contributed by atoms with Crippen molar-refractivity contribution in [1.82, 2.24) is 5.32 Å². The van der Waals surface area contributed by atoms with Crippen molar-refractivity contribution < 1.29 is 14.7 Å². The van der Waals surface area contributed by atoms with Crippen molar-refractivity contribution in [2.24, 2.45) is 5.73 Å². The van der Waals surface area contributed by atoms with Crippen molar-refractivity contribution >= 4 is 11.9 Å². The Hall–Kier alpha value is -1.10. The van der Waals surface area contributed by atoms with Gasteiger partial charge in [0, 0.05) is 0 Å². The van der Waals surface area contributed by atoms with Crippen LogP contribution in [0.1, 0.15) is 58.3 Å². The van der Waals surface area contributed by atoms with Crippen molar-refractivity contribution in [3.8, 4) is 0 Å². The molecule has 104 valence electrons. The Morgan fingerprint density at radius 2 is 1.94 bits per heavy atom. The fourth-order valence-corrected chi connectivity index (χ4v) is 2.38. The smallest absolute Gasteiger partial charge is 0.326 e. The molecule has 0 aromatic heterocycles. The number of aliphatic carboxylic acids is 1. The van der Waals surface area contributed by atoms with Crippen molar-refractivity contribution in [3.63, 3.8) is 0 Å². The third kappa shape index (κ3) is 3.98. The summed E-state index contributed by atoms with van der Waals surface area (Å²) < 4.78 is 0. The number of hydrogen-bond acceptors (Lipinski definition) is 3. The summed E-state index contributed by atoms with van der Waals surface area (Å²) in [5.74, 6) is -1.28. The normalized spacial score (nSPS) is 20.1. The first-order valence-corrected chi connectivity index (χ1v) is 6.82. The molecule has 0 heterocycles. The van der Waals surface area contributed by atoms with Gasteiger partial charge < -0.3 is 16.2 Å². The Bertz CT molecular complexity index is 299. The van der Waals surface area contributed by atoms with Crippen LogP contribution >= 0.6 is 0 Å². The van der Waals surface area contributed by atoms with Gasteiger partial charge in [0.05, 0.1) is 5.54 Å². The Morgan fingerprint density at radius 1 is 1.33 bits per heavy atom. The average molecular weight is 256 g/mol. The van der Waals surface area contributed by atoms with E-state index in [4.69, 9.17) is 10.8 Å². The van der Waals surface area contributed by atoms with Gasteiger partial charge in [-0.2, -0.15) is 0 Å². The molecule has 1 aliphatic carbocycles. The Balaban J connectivity index is 2.56. The van der Waals surface area contributed by atoms with Crippen LogP contribution in [-0.4, -0.2) is 28.6 Å². The summed E-state index contributed by atoms with van der Waals surface area (Å²) in [5, 5.41) is 11.7. The highest BCUT2D eigenvalue weighted by Crippen LogP contribution is 2.26. The van der Waals surface area contributed by atoms with Gasteiger partial charge in [-0.25, -0.2) is 4.79 Å². The fraction of sp³-hybridized carbons (Fsp3) is 0.846. The Morgan fingerprint density at radius 3 is 2.44 bits per heavy atom. The molecule has 18 heavy (non-hydrogen) atoms. The number of nitrogens with one attached hydrogen (secondary N) is 1. The van der Waals surface area contributed by atoms with Crippen LogP contribution in [0.5, 0.6) is 0 Å². The Kier molecular flexibility index (Phi) is 5.59. The molecule has 4 N–H and O–H groups in total. The molecule has 0 aromatic rings. The zero-order valence-corrected chi connectivity index (χ0v) is 11.1. The number of carbonyl (C=O) groups excluding carboxylic acids is 1. The molecule has 0 spiro atoms. The largest absolute Gasteiger partial charge is 0.480 e. The molecule has 1 rings (SSSR count). The number of carboxylic acid groups (broad SMARTS) is 1. The van der Waals surface area contributed by atoms with E-state index in [1.165, 1.54) is 0 Å². The van der Waals surface area contributed by atoms with Crippen molar-refractivity contribution in [3.05, 3.63) is 0 Å². The summed E-state index contributed by atoms with van der Waals surface area (Å²) in [7, 11) is 0. The summed E-state index contributed by atoms with van der Waals surface area (Å²) in [6.07, 6.45) is 6.45. The van der Waals surface area contributed by atoms with E-state index in [0.717, 1.165) is 32.1 Å². The average Bonchev–Trinajstić information content (AvgIpc) is 2.34. The number of carboxylic acids is 1. The molecule has 1 saturated carbocycles. The van der Waals surface area contributed by atoms with Crippen LogP contribution in [0.25, 0.3) is 0 Å². The molecule has 1 unspecified atom stereocenters. The van der Waals surface area contributed by atoms with Gasteiger partial charge in [-0.3, -0.25) is 4.79 Å². The van der Waals surface area contributed by atoms with Crippen molar-refractivity contribution in [2.45, 2.75) is 69.9 Å². The molecule has 0 aromatic carbocycles. The number of carbonyl (C=O) groups is 2. The zero-order chi connectivity index (χ0) is 13.6. The van der Waals surface area contributed by atoms with E-state index in [2.05, 4.69) is 5.32 Å². The van der Waals surface area contributed by atoms with Crippen molar-refractivity contribution in [2.75, 3.05) is 0 Å². The molecular formula is C13H24N2O3. The third-order valence-corrected chi connectivity index (χ3v) is 3.65. The zero-order valence-electron chi connectivity index (χ0n) is 11.1. The highest BCUT2D eigenvalue weighted by Gasteiger charge is 2.37. The second kappa shape index (κ2) is 6.73. The number of rotatable bonds is 6. The molecule has 0 saturated heterocycles.